The van der Waals surface area contributed by atoms with Crippen LogP contribution in [0.2, 0.25) is 0 Å². The lowest BCUT2D eigenvalue weighted by molar-refractivity contribution is 0.0776. The SMILES string of the molecule is CCCC1CN(C(=O)c2ccc(-c3ccccc3)n2C)CC1N. The second-order valence-corrected chi connectivity index (χ2v) is 6.45. The number of benzene rings is 1. The van der Waals surface area contributed by atoms with Crippen LogP contribution < -0.4 is 5.73 Å². The van der Waals surface area contributed by atoms with Crippen LogP contribution in [0.25, 0.3) is 11.3 Å². The van der Waals surface area contributed by atoms with Crippen molar-refractivity contribution in [3.63, 3.8) is 0 Å². The summed E-state index contributed by atoms with van der Waals surface area (Å²) in [5.41, 5.74) is 9.11. The van der Waals surface area contributed by atoms with E-state index in [1.807, 2.05) is 46.8 Å². The number of aromatic nitrogens is 1. The lowest BCUT2D eigenvalue weighted by Gasteiger charge is -2.17. The van der Waals surface area contributed by atoms with Gasteiger partial charge in [0.05, 0.1) is 0 Å². The van der Waals surface area contributed by atoms with Crippen LogP contribution in [0.4, 0.5) is 0 Å². The molecule has 0 spiro atoms. The molecule has 0 aliphatic carbocycles. The van der Waals surface area contributed by atoms with E-state index in [-0.39, 0.29) is 11.9 Å². The van der Waals surface area contributed by atoms with Crippen molar-refractivity contribution in [2.24, 2.45) is 18.7 Å². The van der Waals surface area contributed by atoms with E-state index in [2.05, 4.69) is 19.1 Å². The molecule has 2 aromatic rings. The van der Waals surface area contributed by atoms with Crippen molar-refractivity contribution in [3.8, 4) is 11.3 Å². The summed E-state index contributed by atoms with van der Waals surface area (Å²) in [6.07, 6.45) is 2.20. The highest BCUT2D eigenvalue weighted by molar-refractivity contribution is 5.94. The molecule has 1 aliphatic rings. The van der Waals surface area contributed by atoms with Gasteiger partial charge in [-0.2, -0.15) is 0 Å². The first-order valence-corrected chi connectivity index (χ1v) is 8.37. The van der Waals surface area contributed by atoms with Gasteiger partial charge in [0.2, 0.25) is 0 Å². The molecule has 1 aromatic heterocycles. The Kier molecular flexibility index (Phi) is 4.53. The first-order valence-electron chi connectivity index (χ1n) is 8.37. The first-order chi connectivity index (χ1) is 11.1. The predicted octanol–water partition coefficient (Wildman–Crippen LogP) is 2.89. The molecule has 23 heavy (non-hydrogen) atoms. The Morgan fingerprint density at radius 1 is 1.17 bits per heavy atom. The summed E-state index contributed by atoms with van der Waals surface area (Å²) >= 11 is 0. The summed E-state index contributed by atoms with van der Waals surface area (Å²) in [5, 5.41) is 0. The van der Waals surface area contributed by atoms with Gasteiger partial charge in [-0.15, -0.1) is 0 Å². The van der Waals surface area contributed by atoms with E-state index in [9.17, 15) is 4.79 Å². The molecule has 4 nitrogen and oxygen atoms in total. The monoisotopic (exact) mass is 311 g/mol. The number of likely N-dealkylation sites (tertiary alicyclic amines) is 1. The van der Waals surface area contributed by atoms with Gasteiger partial charge in [-0.25, -0.2) is 0 Å². The Morgan fingerprint density at radius 2 is 1.91 bits per heavy atom. The molecule has 2 N–H and O–H groups in total. The molecule has 2 heterocycles. The molecule has 0 saturated carbocycles. The van der Waals surface area contributed by atoms with Gasteiger partial charge in [-0.1, -0.05) is 43.7 Å². The molecule has 0 bridgehead atoms. The van der Waals surface area contributed by atoms with E-state index in [0.717, 1.165) is 36.3 Å². The Morgan fingerprint density at radius 3 is 2.61 bits per heavy atom. The van der Waals surface area contributed by atoms with Crippen molar-refractivity contribution >= 4 is 5.91 Å². The van der Waals surface area contributed by atoms with Crippen molar-refractivity contribution in [2.45, 2.75) is 25.8 Å². The van der Waals surface area contributed by atoms with Crippen molar-refractivity contribution in [2.75, 3.05) is 13.1 Å². The normalized spacial score (nSPS) is 20.9. The Bertz CT molecular complexity index is 677. The van der Waals surface area contributed by atoms with E-state index in [1.54, 1.807) is 0 Å². The molecular formula is C19H25N3O. The summed E-state index contributed by atoms with van der Waals surface area (Å²) in [4.78, 5) is 14.8. The van der Waals surface area contributed by atoms with Gasteiger partial charge in [0.1, 0.15) is 5.69 Å². The third-order valence-corrected chi connectivity index (χ3v) is 4.85. The highest BCUT2D eigenvalue weighted by atomic mass is 16.2. The minimum Gasteiger partial charge on any atom is -0.340 e. The number of rotatable bonds is 4. The summed E-state index contributed by atoms with van der Waals surface area (Å²) in [5.74, 6) is 0.515. The largest absolute Gasteiger partial charge is 0.340 e. The van der Waals surface area contributed by atoms with Gasteiger partial charge in [-0.05, 0) is 30.0 Å². The van der Waals surface area contributed by atoms with Gasteiger partial charge in [0.15, 0.2) is 0 Å². The highest BCUT2D eigenvalue weighted by Gasteiger charge is 2.33. The van der Waals surface area contributed by atoms with Crippen LogP contribution in [-0.2, 0) is 7.05 Å². The molecule has 2 unspecified atom stereocenters. The summed E-state index contributed by atoms with van der Waals surface area (Å²) < 4.78 is 1.98. The highest BCUT2D eigenvalue weighted by Crippen LogP contribution is 2.25. The number of carbonyl (C=O) groups is 1. The van der Waals surface area contributed by atoms with Crippen LogP contribution in [-0.4, -0.2) is 34.5 Å². The molecule has 1 aromatic carbocycles. The summed E-state index contributed by atoms with van der Waals surface area (Å²) in [6, 6.07) is 14.2. The Balaban J connectivity index is 1.80. The molecule has 122 valence electrons. The van der Waals surface area contributed by atoms with Crippen LogP contribution in [0.5, 0.6) is 0 Å². The van der Waals surface area contributed by atoms with Gasteiger partial charge in [0.25, 0.3) is 5.91 Å². The van der Waals surface area contributed by atoms with Gasteiger partial charge >= 0.3 is 0 Å². The van der Waals surface area contributed by atoms with E-state index >= 15 is 0 Å². The van der Waals surface area contributed by atoms with E-state index in [4.69, 9.17) is 5.73 Å². The van der Waals surface area contributed by atoms with Crippen molar-refractivity contribution in [1.82, 2.24) is 9.47 Å². The third-order valence-electron chi connectivity index (χ3n) is 4.85. The smallest absolute Gasteiger partial charge is 0.270 e. The topological polar surface area (TPSA) is 51.3 Å². The lowest BCUT2D eigenvalue weighted by atomic mass is 9.99. The van der Waals surface area contributed by atoms with Gasteiger partial charge in [-0.3, -0.25) is 4.79 Å². The Hall–Kier alpha value is -2.07. The van der Waals surface area contributed by atoms with Crippen LogP contribution in [0, 0.1) is 5.92 Å². The molecule has 1 amide bonds. The lowest BCUT2D eigenvalue weighted by Crippen LogP contribution is -2.33. The average molecular weight is 311 g/mol. The zero-order valence-corrected chi connectivity index (χ0v) is 13.9. The van der Waals surface area contributed by atoms with E-state index in [1.165, 1.54) is 0 Å². The minimum absolute atomic E-state index is 0.0868. The quantitative estimate of drug-likeness (QED) is 0.944. The maximum absolute atomic E-state index is 12.9. The zero-order chi connectivity index (χ0) is 16.4. The van der Waals surface area contributed by atoms with Crippen LogP contribution in [0.3, 0.4) is 0 Å². The Labute approximate surface area is 137 Å². The number of amides is 1. The molecule has 0 radical (unpaired) electrons. The second-order valence-electron chi connectivity index (χ2n) is 6.45. The van der Waals surface area contributed by atoms with Crippen molar-refractivity contribution < 1.29 is 4.79 Å². The molecule has 1 aliphatic heterocycles. The van der Waals surface area contributed by atoms with Crippen molar-refractivity contribution in [1.29, 1.82) is 0 Å². The number of hydrogen-bond acceptors (Lipinski definition) is 2. The van der Waals surface area contributed by atoms with E-state index in [0.29, 0.717) is 12.5 Å². The average Bonchev–Trinajstić information content (AvgIpc) is 3.12. The molecular weight excluding hydrogens is 286 g/mol. The molecule has 2 atom stereocenters. The van der Waals surface area contributed by atoms with E-state index < -0.39 is 0 Å². The zero-order valence-electron chi connectivity index (χ0n) is 13.9. The number of nitrogens with two attached hydrogens (primary N) is 1. The maximum Gasteiger partial charge on any atom is 0.270 e. The van der Waals surface area contributed by atoms with Gasteiger partial charge in [0, 0.05) is 31.9 Å². The fourth-order valence-electron chi connectivity index (χ4n) is 3.53. The van der Waals surface area contributed by atoms with Crippen LogP contribution >= 0.6 is 0 Å². The standard InChI is InChI=1S/C19H25N3O/c1-3-7-15-12-22(13-16(15)20)19(23)18-11-10-17(21(18)2)14-8-5-4-6-9-14/h4-6,8-11,15-16H,3,7,12-13,20H2,1-2H3. The van der Waals surface area contributed by atoms with Gasteiger partial charge < -0.3 is 15.2 Å². The molecule has 1 saturated heterocycles. The molecule has 1 fully saturated rings. The predicted molar refractivity (Wildman–Crippen MR) is 93.1 cm³/mol. The first kappa shape index (κ1) is 15.8. The molecule has 3 rings (SSSR count). The maximum atomic E-state index is 12.9. The summed E-state index contributed by atoms with van der Waals surface area (Å²) in [6.45, 7) is 3.61. The summed E-state index contributed by atoms with van der Waals surface area (Å²) in [7, 11) is 1.95. The fraction of sp³-hybridized carbons (Fsp3) is 0.421. The van der Waals surface area contributed by atoms with Crippen molar-refractivity contribution in [3.05, 3.63) is 48.2 Å². The number of carbonyl (C=O) groups excluding carboxylic acids is 1. The van der Waals surface area contributed by atoms with Crippen LogP contribution in [0.1, 0.15) is 30.3 Å². The van der Waals surface area contributed by atoms with Crippen LogP contribution in [0.15, 0.2) is 42.5 Å². The molecule has 4 heteroatoms. The third kappa shape index (κ3) is 3.04. The number of hydrogen-bond donors (Lipinski definition) is 1. The second kappa shape index (κ2) is 6.59. The number of nitrogens with zero attached hydrogens (tertiary/aromatic N) is 2. The fourth-order valence-corrected chi connectivity index (χ4v) is 3.53. The minimum atomic E-state index is 0.0868.